The van der Waals surface area contributed by atoms with E-state index in [0.29, 0.717) is 36.6 Å². The molecule has 0 aromatic heterocycles. The highest BCUT2D eigenvalue weighted by molar-refractivity contribution is 6.43. The Labute approximate surface area is 117 Å². The van der Waals surface area contributed by atoms with E-state index in [0.717, 1.165) is 0 Å². The minimum Gasteiger partial charge on any atom is -0.492 e. The number of anilines is 1. The maximum Gasteiger partial charge on any atom is 0.271 e. The molecule has 1 aromatic carbocycles. The number of nitrogens with one attached hydrogen (secondary N) is 1. The summed E-state index contributed by atoms with van der Waals surface area (Å²) in [7, 11) is 1.54. The summed E-state index contributed by atoms with van der Waals surface area (Å²) in [6.07, 6.45) is 0.654. The van der Waals surface area contributed by atoms with Gasteiger partial charge in [-0.2, -0.15) is 5.10 Å². The summed E-state index contributed by atoms with van der Waals surface area (Å²) in [4.78, 5) is 23.5. The van der Waals surface area contributed by atoms with Crippen LogP contribution in [0.2, 0.25) is 0 Å². The molecule has 0 radical (unpaired) electrons. The molecular formula is C14H17N3O3. The lowest BCUT2D eigenvalue weighted by atomic mass is 10.1. The molecule has 1 heterocycles. The van der Waals surface area contributed by atoms with Crippen molar-refractivity contribution in [3.8, 4) is 5.75 Å². The number of ether oxygens (including phenoxy) is 1. The molecule has 0 saturated heterocycles. The van der Waals surface area contributed by atoms with Crippen molar-refractivity contribution in [1.29, 1.82) is 0 Å². The van der Waals surface area contributed by atoms with E-state index in [9.17, 15) is 9.59 Å². The first kappa shape index (κ1) is 14.0. The summed E-state index contributed by atoms with van der Waals surface area (Å²) >= 11 is 0. The smallest absolute Gasteiger partial charge is 0.271 e. The van der Waals surface area contributed by atoms with E-state index in [1.807, 2.05) is 19.1 Å². The molecule has 0 fully saturated rings. The average Bonchev–Trinajstić information content (AvgIpc) is 2.44. The number of carbonyl (C=O) groups is 2. The third kappa shape index (κ3) is 3.14. The van der Waals surface area contributed by atoms with E-state index in [1.165, 1.54) is 5.01 Å². The molecule has 0 bridgehead atoms. The summed E-state index contributed by atoms with van der Waals surface area (Å²) < 4.78 is 5.44. The summed E-state index contributed by atoms with van der Waals surface area (Å²) in [5, 5.41) is 7.95. The van der Waals surface area contributed by atoms with Gasteiger partial charge in [-0.3, -0.25) is 9.59 Å². The highest BCUT2D eigenvalue weighted by Crippen LogP contribution is 2.24. The third-order valence-corrected chi connectivity index (χ3v) is 2.90. The molecule has 1 N–H and O–H groups in total. The van der Waals surface area contributed by atoms with Gasteiger partial charge in [-0.25, -0.2) is 5.01 Å². The Morgan fingerprint density at radius 2 is 2.15 bits per heavy atom. The number of carbonyl (C=O) groups excluding carboxylic acids is 2. The lowest BCUT2D eigenvalue weighted by Gasteiger charge is -2.19. The van der Waals surface area contributed by atoms with Crippen LogP contribution < -0.4 is 10.1 Å². The summed E-state index contributed by atoms with van der Waals surface area (Å²) in [5.41, 5.74) is 0.944. The predicted molar refractivity (Wildman–Crippen MR) is 75.7 cm³/mol. The number of rotatable bonds is 4. The van der Waals surface area contributed by atoms with Gasteiger partial charge in [-0.15, -0.1) is 0 Å². The largest absolute Gasteiger partial charge is 0.492 e. The van der Waals surface area contributed by atoms with Crippen molar-refractivity contribution in [2.24, 2.45) is 5.10 Å². The summed E-state index contributed by atoms with van der Waals surface area (Å²) in [5.74, 6) is 0.219. The van der Waals surface area contributed by atoms with Crippen LogP contribution in [0.5, 0.6) is 5.75 Å². The first-order valence-corrected chi connectivity index (χ1v) is 6.49. The average molecular weight is 275 g/mol. The highest BCUT2D eigenvalue weighted by atomic mass is 16.5. The first-order valence-electron chi connectivity index (χ1n) is 6.49. The number of hydrogen-bond acceptors (Lipinski definition) is 4. The minimum absolute atomic E-state index is 0.0868. The van der Waals surface area contributed by atoms with Gasteiger partial charge in [0.1, 0.15) is 11.5 Å². The number of hydrogen-bond donors (Lipinski definition) is 1. The fraction of sp³-hybridized carbons (Fsp3) is 0.357. The van der Waals surface area contributed by atoms with Crippen molar-refractivity contribution < 1.29 is 14.3 Å². The third-order valence-electron chi connectivity index (χ3n) is 2.90. The second-order valence-electron chi connectivity index (χ2n) is 4.35. The minimum atomic E-state index is -0.309. The van der Waals surface area contributed by atoms with Crippen LogP contribution in [0.3, 0.4) is 0 Å². The Morgan fingerprint density at radius 1 is 1.40 bits per heavy atom. The number of hydrazone groups is 1. The normalized spacial score (nSPS) is 14.8. The van der Waals surface area contributed by atoms with E-state index < -0.39 is 0 Å². The van der Waals surface area contributed by atoms with Crippen molar-refractivity contribution in [1.82, 2.24) is 5.01 Å². The lowest BCUT2D eigenvalue weighted by Crippen LogP contribution is -2.34. The Bertz CT molecular complexity index is 554. The van der Waals surface area contributed by atoms with Gasteiger partial charge in [0.05, 0.1) is 12.3 Å². The summed E-state index contributed by atoms with van der Waals surface area (Å²) in [6, 6.07) is 7.21. The van der Waals surface area contributed by atoms with E-state index >= 15 is 0 Å². The molecule has 1 aromatic rings. The molecule has 2 amide bonds. The topological polar surface area (TPSA) is 71.0 Å². The Hall–Kier alpha value is -2.37. The van der Waals surface area contributed by atoms with Crippen molar-refractivity contribution in [2.45, 2.75) is 19.8 Å². The van der Waals surface area contributed by atoms with Crippen molar-refractivity contribution >= 4 is 23.2 Å². The molecule has 0 saturated carbocycles. The lowest BCUT2D eigenvalue weighted by molar-refractivity contribution is -0.130. The number of benzene rings is 1. The zero-order valence-electron chi connectivity index (χ0n) is 11.5. The molecule has 0 spiro atoms. The number of amides is 2. The molecule has 20 heavy (non-hydrogen) atoms. The Morgan fingerprint density at radius 3 is 2.85 bits per heavy atom. The predicted octanol–water partition coefficient (Wildman–Crippen LogP) is 1.63. The SMILES string of the molecule is CCOc1ccccc1NC(=O)C1=NN(C)C(=O)CC1. The molecule has 0 aliphatic carbocycles. The van der Waals surface area contributed by atoms with E-state index in [4.69, 9.17) is 4.74 Å². The number of para-hydroxylation sites is 2. The fourth-order valence-electron chi connectivity index (χ4n) is 1.88. The zero-order chi connectivity index (χ0) is 14.5. The quantitative estimate of drug-likeness (QED) is 0.908. The number of nitrogens with zero attached hydrogens (tertiary/aromatic N) is 2. The molecule has 1 aliphatic rings. The summed E-state index contributed by atoms with van der Waals surface area (Å²) in [6.45, 7) is 2.40. The fourth-order valence-corrected chi connectivity index (χ4v) is 1.88. The second kappa shape index (κ2) is 6.18. The van der Waals surface area contributed by atoms with Crippen LogP contribution in [0.15, 0.2) is 29.4 Å². The Balaban J connectivity index is 2.12. The maximum atomic E-state index is 12.1. The molecular weight excluding hydrogens is 258 g/mol. The maximum absolute atomic E-state index is 12.1. The van der Waals surface area contributed by atoms with Crippen molar-refractivity contribution in [3.63, 3.8) is 0 Å². The first-order chi connectivity index (χ1) is 9.61. The molecule has 1 aliphatic heterocycles. The highest BCUT2D eigenvalue weighted by Gasteiger charge is 2.22. The van der Waals surface area contributed by atoms with Crippen molar-refractivity contribution in [3.05, 3.63) is 24.3 Å². The standard InChI is InChI=1S/C14H17N3O3/c1-3-20-12-7-5-4-6-10(12)15-14(19)11-8-9-13(18)17(2)16-11/h4-7H,3,8-9H2,1-2H3,(H,15,19). The van der Waals surface area contributed by atoms with Gasteiger partial charge < -0.3 is 10.1 Å². The molecule has 2 rings (SSSR count). The van der Waals surface area contributed by atoms with Gasteiger partial charge in [0.25, 0.3) is 5.91 Å². The van der Waals surface area contributed by atoms with Gasteiger partial charge in [0.15, 0.2) is 0 Å². The van der Waals surface area contributed by atoms with E-state index in [1.54, 1.807) is 19.2 Å². The molecule has 0 atom stereocenters. The van der Waals surface area contributed by atoms with Gasteiger partial charge in [-0.05, 0) is 19.1 Å². The van der Waals surface area contributed by atoms with Crippen LogP contribution in [-0.2, 0) is 9.59 Å². The Kier molecular flexibility index (Phi) is 4.34. The van der Waals surface area contributed by atoms with Gasteiger partial charge >= 0.3 is 0 Å². The van der Waals surface area contributed by atoms with Gasteiger partial charge in [0.2, 0.25) is 5.91 Å². The van der Waals surface area contributed by atoms with Crippen LogP contribution >= 0.6 is 0 Å². The monoisotopic (exact) mass is 275 g/mol. The molecule has 6 heteroatoms. The van der Waals surface area contributed by atoms with Gasteiger partial charge in [0, 0.05) is 19.9 Å². The molecule has 0 unspecified atom stereocenters. The molecule has 106 valence electrons. The van der Waals surface area contributed by atoms with Gasteiger partial charge in [-0.1, -0.05) is 12.1 Å². The van der Waals surface area contributed by atoms with Crippen LogP contribution in [0, 0.1) is 0 Å². The van der Waals surface area contributed by atoms with E-state index in [-0.39, 0.29) is 11.8 Å². The second-order valence-corrected chi connectivity index (χ2v) is 4.35. The van der Waals surface area contributed by atoms with Crippen LogP contribution in [0.1, 0.15) is 19.8 Å². The van der Waals surface area contributed by atoms with Crippen LogP contribution in [0.4, 0.5) is 5.69 Å². The van der Waals surface area contributed by atoms with Crippen molar-refractivity contribution in [2.75, 3.05) is 19.0 Å². The van der Waals surface area contributed by atoms with Crippen LogP contribution in [-0.4, -0.2) is 36.2 Å². The zero-order valence-corrected chi connectivity index (χ0v) is 11.5. The van der Waals surface area contributed by atoms with Crippen LogP contribution in [0.25, 0.3) is 0 Å². The molecule has 6 nitrogen and oxygen atoms in total. The van der Waals surface area contributed by atoms with E-state index in [2.05, 4.69) is 10.4 Å².